The summed E-state index contributed by atoms with van der Waals surface area (Å²) >= 11 is 0. The molecule has 2 unspecified atom stereocenters. The van der Waals surface area contributed by atoms with Crippen LogP contribution in [0.1, 0.15) is 27.2 Å². The van der Waals surface area contributed by atoms with E-state index >= 15 is 0 Å². The summed E-state index contributed by atoms with van der Waals surface area (Å²) in [6, 6.07) is 0.629. The lowest BCUT2D eigenvalue weighted by atomic mass is 10.0. The number of nitrogens with one attached hydrogen (secondary N) is 1. The Hall–Kier alpha value is -0.120. The first-order chi connectivity index (χ1) is 8.02. The van der Waals surface area contributed by atoms with E-state index in [1.807, 2.05) is 0 Å². The molecule has 1 aliphatic heterocycles. The molecule has 0 spiro atoms. The SMILES string of the molecule is CCNC(CN(C)CC1CCN(C)C1)C(C)C. The van der Waals surface area contributed by atoms with Crippen molar-refractivity contribution in [2.45, 2.75) is 33.2 Å². The molecule has 0 bridgehead atoms. The van der Waals surface area contributed by atoms with Crippen LogP contribution in [-0.2, 0) is 0 Å². The molecule has 0 aromatic rings. The van der Waals surface area contributed by atoms with Crippen molar-refractivity contribution in [3.05, 3.63) is 0 Å². The van der Waals surface area contributed by atoms with Crippen LogP contribution in [0.5, 0.6) is 0 Å². The number of rotatable bonds is 7. The summed E-state index contributed by atoms with van der Waals surface area (Å²) in [6.45, 7) is 12.9. The number of nitrogens with zero attached hydrogens (tertiary/aromatic N) is 2. The molecule has 3 nitrogen and oxygen atoms in total. The fourth-order valence-corrected chi connectivity index (χ4v) is 2.80. The summed E-state index contributed by atoms with van der Waals surface area (Å²) in [5.74, 6) is 1.59. The number of likely N-dealkylation sites (N-methyl/N-ethyl adjacent to an activating group) is 2. The number of likely N-dealkylation sites (tertiary alicyclic amines) is 1. The fraction of sp³-hybridized carbons (Fsp3) is 1.00. The van der Waals surface area contributed by atoms with Gasteiger partial charge in [0, 0.05) is 25.7 Å². The first-order valence-corrected chi connectivity index (χ1v) is 7.13. The van der Waals surface area contributed by atoms with Crippen molar-refractivity contribution in [2.24, 2.45) is 11.8 Å². The van der Waals surface area contributed by atoms with Gasteiger partial charge in [0.25, 0.3) is 0 Å². The minimum atomic E-state index is 0.629. The van der Waals surface area contributed by atoms with E-state index in [2.05, 4.69) is 50.0 Å². The molecule has 102 valence electrons. The van der Waals surface area contributed by atoms with E-state index in [0.717, 1.165) is 12.5 Å². The van der Waals surface area contributed by atoms with Crippen LogP contribution in [-0.4, -0.2) is 62.7 Å². The molecule has 1 fully saturated rings. The maximum absolute atomic E-state index is 3.59. The molecule has 1 rings (SSSR count). The average Bonchev–Trinajstić information content (AvgIpc) is 2.63. The molecule has 1 aliphatic rings. The van der Waals surface area contributed by atoms with Crippen LogP contribution >= 0.6 is 0 Å². The maximum Gasteiger partial charge on any atom is 0.0217 e. The van der Waals surface area contributed by atoms with Crippen LogP contribution < -0.4 is 5.32 Å². The number of hydrogen-bond donors (Lipinski definition) is 1. The van der Waals surface area contributed by atoms with Crippen LogP contribution in [0.3, 0.4) is 0 Å². The molecule has 1 saturated heterocycles. The zero-order chi connectivity index (χ0) is 12.8. The second kappa shape index (κ2) is 7.34. The average molecular weight is 241 g/mol. The van der Waals surface area contributed by atoms with Crippen molar-refractivity contribution in [3.8, 4) is 0 Å². The van der Waals surface area contributed by atoms with Gasteiger partial charge < -0.3 is 15.1 Å². The molecule has 3 heteroatoms. The first kappa shape index (κ1) is 14.9. The highest BCUT2D eigenvalue weighted by atomic mass is 15.2. The van der Waals surface area contributed by atoms with E-state index in [1.54, 1.807) is 0 Å². The highest BCUT2D eigenvalue weighted by Crippen LogP contribution is 2.15. The molecule has 17 heavy (non-hydrogen) atoms. The summed E-state index contributed by atoms with van der Waals surface area (Å²) in [4.78, 5) is 4.96. The molecule has 0 aliphatic carbocycles. The Bertz CT molecular complexity index is 206. The molecule has 0 radical (unpaired) electrons. The van der Waals surface area contributed by atoms with Gasteiger partial charge in [0.2, 0.25) is 0 Å². The second-order valence-corrected chi connectivity index (χ2v) is 6.05. The molecule has 1 heterocycles. The largest absolute Gasteiger partial charge is 0.313 e. The highest BCUT2D eigenvalue weighted by molar-refractivity contribution is 4.78. The lowest BCUT2D eigenvalue weighted by Gasteiger charge is -2.29. The van der Waals surface area contributed by atoms with Gasteiger partial charge in [0.1, 0.15) is 0 Å². The van der Waals surface area contributed by atoms with Gasteiger partial charge in [-0.2, -0.15) is 0 Å². The van der Waals surface area contributed by atoms with E-state index in [4.69, 9.17) is 0 Å². The zero-order valence-corrected chi connectivity index (χ0v) is 12.4. The lowest BCUT2D eigenvalue weighted by Crippen LogP contribution is -2.44. The fourth-order valence-electron chi connectivity index (χ4n) is 2.80. The van der Waals surface area contributed by atoms with Gasteiger partial charge in [-0.15, -0.1) is 0 Å². The standard InChI is InChI=1S/C14H31N3/c1-6-15-14(12(2)3)11-17(5)10-13-7-8-16(4)9-13/h12-15H,6-11H2,1-5H3. The van der Waals surface area contributed by atoms with Gasteiger partial charge >= 0.3 is 0 Å². The highest BCUT2D eigenvalue weighted by Gasteiger charge is 2.22. The van der Waals surface area contributed by atoms with E-state index in [9.17, 15) is 0 Å². The zero-order valence-electron chi connectivity index (χ0n) is 12.4. The number of hydrogen-bond acceptors (Lipinski definition) is 3. The van der Waals surface area contributed by atoms with E-state index in [0.29, 0.717) is 12.0 Å². The third-order valence-electron chi connectivity index (χ3n) is 3.84. The van der Waals surface area contributed by atoms with Crippen LogP contribution in [0.15, 0.2) is 0 Å². The van der Waals surface area contributed by atoms with Crippen molar-refractivity contribution in [1.29, 1.82) is 0 Å². The van der Waals surface area contributed by atoms with Gasteiger partial charge in [-0.3, -0.25) is 0 Å². The summed E-state index contributed by atoms with van der Waals surface area (Å²) in [6.07, 6.45) is 1.37. The van der Waals surface area contributed by atoms with E-state index < -0.39 is 0 Å². The van der Waals surface area contributed by atoms with Crippen LogP contribution in [0.25, 0.3) is 0 Å². The van der Waals surface area contributed by atoms with Crippen LogP contribution in [0.2, 0.25) is 0 Å². The predicted octanol–water partition coefficient (Wildman–Crippen LogP) is 1.50. The summed E-state index contributed by atoms with van der Waals surface area (Å²) in [5.41, 5.74) is 0. The second-order valence-electron chi connectivity index (χ2n) is 6.05. The molecule has 1 N–H and O–H groups in total. The van der Waals surface area contributed by atoms with Crippen molar-refractivity contribution < 1.29 is 0 Å². The van der Waals surface area contributed by atoms with Gasteiger partial charge in [0.15, 0.2) is 0 Å². The Morgan fingerprint density at radius 1 is 1.41 bits per heavy atom. The third kappa shape index (κ3) is 5.36. The normalized spacial score (nSPS) is 23.8. The van der Waals surface area contributed by atoms with Crippen molar-refractivity contribution in [3.63, 3.8) is 0 Å². The van der Waals surface area contributed by atoms with Gasteiger partial charge in [-0.25, -0.2) is 0 Å². The Labute approximate surface area is 108 Å². The minimum Gasteiger partial charge on any atom is -0.313 e. The van der Waals surface area contributed by atoms with Crippen molar-refractivity contribution in [2.75, 3.05) is 46.8 Å². The lowest BCUT2D eigenvalue weighted by molar-refractivity contribution is 0.225. The van der Waals surface area contributed by atoms with E-state index in [1.165, 1.54) is 32.6 Å². The molecule has 2 atom stereocenters. The Kier molecular flexibility index (Phi) is 6.45. The van der Waals surface area contributed by atoms with Gasteiger partial charge in [0.05, 0.1) is 0 Å². The molecule has 0 amide bonds. The predicted molar refractivity (Wildman–Crippen MR) is 75.4 cm³/mol. The Morgan fingerprint density at radius 2 is 2.12 bits per heavy atom. The monoisotopic (exact) mass is 241 g/mol. The molecule has 0 saturated carbocycles. The smallest absolute Gasteiger partial charge is 0.0217 e. The van der Waals surface area contributed by atoms with Gasteiger partial charge in [-0.05, 0) is 45.4 Å². The molecule has 0 aromatic heterocycles. The topological polar surface area (TPSA) is 18.5 Å². The molecule has 0 aromatic carbocycles. The molecular weight excluding hydrogens is 210 g/mol. The quantitative estimate of drug-likeness (QED) is 0.729. The first-order valence-electron chi connectivity index (χ1n) is 7.13. The van der Waals surface area contributed by atoms with Crippen LogP contribution in [0.4, 0.5) is 0 Å². The Balaban J connectivity index is 2.29. The van der Waals surface area contributed by atoms with Crippen molar-refractivity contribution >= 4 is 0 Å². The van der Waals surface area contributed by atoms with Crippen molar-refractivity contribution in [1.82, 2.24) is 15.1 Å². The Morgan fingerprint density at radius 3 is 2.59 bits per heavy atom. The van der Waals surface area contributed by atoms with Crippen LogP contribution in [0, 0.1) is 11.8 Å². The summed E-state index contributed by atoms with van der Waals surface area (Å²) in [5, 5.41) is 3.59. The maximum atomic E-state index is 3.59. The summed E-state index contributed by atoms with van der Waals surface area (Å²) in [7, 11) is 4.50. The third-order valence-corrected chi connectivity index (χ3v) is 3.84. The van der Waals surface area contributed by atoms with E-state index in [-0.39, 0.29) is 0 Å². The minimum absolute atomic E-state index is 0.629. The van der Waals surface area contributed by atoms with Gasteiger partial charge in [-0.1, -0.05) is 20.8 Å². The molecular formula is C14H31N3. The summed E-state index contributed by atoms with van der Waals surface area (Å²) < 4.78 is 0.